The SMILES string of the molecule is Cc1ccc(CC(Cl)c2cc(C)ccc2C)nc1. The topological polar surface area (TPSA) is 12.9 Å². The van der Waals surface area contributed by atoms with E-state index >= 15 is 0 Å². The van der Waals surface area contributed by atoms with Crippen molar-refractivity contribution in [3.8, 4) is 0 Å². The van der Waals surface area contributed by atoms with Crippen molar-refractivity contribution in [1.82, 2.24) is 4.98 Å². The number of hydrogen-bond donors (Lipinski definition) is 0. The number of benzene rings is 1. The third-order valence-electron chi connectivity index (χ3n) is 3.13. The first-order valence-electron chi connectivity index (χ1n) is 6.19. The van der Waals surface area contributed by atoms with Crippen molar-refractivity contribution in [3.63, 3.8) is 0 Å². The zero-order valence-corrected chi connectivity index (χ0v) is 11.8. The van der Waals surface area contributed by atoms with Gasteiger partial charge in [-0.25, -0.2) is 0 Å². The average molecular weight is 260 g/mol. The Morgan fingerprint density at radius 1 is 1.06 bits per heavy atom. The first-order valence-corrected chi connectivity index (χ1v) is 6.62. The molecule has 2 rings (SSSR count). The van der Waals surface area contributed by atoms with Crippen LogP contribution in [0.25, 0.3) is 0 Å². The standard InChI is InChI=1S/C16H18ClN/c1-11-4-6-13(3)15(8-11)16(17)9-14-7-5-12(2)10-18-14/h4-8,10,16H,9H2,1-3H3. The molecule has 2 heteroatoms. The second-order valence-corrected chi connectivity index (χ2v) is 5.39. The van der Waals surface area contributed by atoms with E-state index in [1.54, 1.807) is 0 Å². The zero-order chi connectivity index (χ0) is 13.1. The summed E-state index contributed by atoms with van der Waals surface area (Å²) in [7, 11) is 0. The second-order valence-electron chi connectivity index (χ2n) is 4.86. The van der Waals surface area contributed by atoms with Crippen molar-refractivity contribution in [2.24, 2.45) is 0 Å². The number of hydrogen-bond acceptors (Lipinski definition) is 1. The normalized spacial score (nSPS) is 12.4. The van der Waals surface area contributed by atoms with E-state index < -0.39 is 0 Å². The van der Waals surface area contributed by atoms with Gasteiger partial charge >= 0.3 is 0 Å². The summed E-state index contributed by atoms with van der Waals surface area (Å²) >= 11 is 6.52. The van der Waals surface area contributed by atoms with E-state index in [2.05, 4.69) is 49.2 Å². The highest BCUT2D eigenvalue weighted by Gasteiger charge is 2.12. The smallest absolute Gasteiger partial charge is 0.0643 e. The summed E-state index contributed by atoms with van der Waals surface area (Å²) in [4.78, 5) is 4.41. The Bertz CT molecular complexity index is 531. The summed E-state index contributed by atoms with van der Waals surface area (Å²) in [6.45, 7) is 6.24. The van der Waals surface area contributed by atoms with Crippen LogP contribution in [-0.2, 0) is 6.42 Å². The van der Waals surface area contributed by atoms with Gasteiger partial charge in [-0.15, -0.1) is 11.6 Å². The van der Waals surface area contributed by atoms with E-state index in [1.807, 2.05) is 13.1 Å². The maximum absolute atomic E-state index is 6.52. The Morgan fingerprint density at radius 2 is 1.78 bits per heavy atom. The van der Waals surface area contributed by atoms with Gasteiger partial charge < -0.3 is 0 Å². The lowest BCUT2D eigenvalue weighted by atomic mass is 10.00. The van der Waals surface area contributed by atoms with E-state index in [-0.39, 0.29) is 5.38 Å². The van der Waals surface area contributed by atoms with Crippen molar-refractivity contribution < 1.29 is 0 Å². The predicted molar refractivity (Wildman–Crippen MR) is 77.2 cm³/mol. The van der Waals surface area contributed by atoms with Crippen LogP contribution in [0.15, 0.2) is 36.5 Å². The van der Waals surface area contributed by atoms with E-state index in [1.165, 1.54) is 22.3 Å². The Morgan fingerprint density at radius 3 is 2.44 bits per heavy atom. The quantitative estimate of drug-likeness (QED) is 0.738. The molecule has 1 aromatic carbocycles. The van der Waals surface area contributed by atoms with Crippen molar-refractivity contribution in [2.45, 2.75) is 32.6 Å². The van der Waals surface area contributed by atoms with Crippen LogP contribution in [0.2, 0.25) is 0 Å². The van der Waals surface area contributed by atoms with Gasteiger partial charge in [0.2, 0.25) is 0 Å². The molecule has 0 saturated carbocycles. The molecular formula is C16H18ClN. The van der Waals surface area contributed by atoms with E-state index in [4.69, 9.17) is 11.6 Å². The molecule has 1 atom stereocenters. The summed E-state index contributed by atoms with van der Waals surface area (Å²) in [5, 5.41) is -0.0138. The van der Waals surface area contributed by atoms with Gasteiger partial charge in [-0.05, 0) is 43.5 Å². The molecule has 1 unspecified atom stereocenters. The van der Waals surface area contributed by atoms with Crippen LogP contribution in [0.1, 0.15) is 33.3 Å². The monoisotopic (exact) mass is 259 g/mol. The molecule has 0 aliphatic rings. The van der Waals surface area contributed by atoms with Crippen molar-refractivity contribution in [3.05, 3.63) is 64.5 Å². The van der Waals surface area contributed by atoms with Crippen LogP contribution >= 0.6 is 11.6 Å². The number of pyridine rings is 1. The number of aromatic nitrogens is 1. The van der Waals surface area contributed by atoms with Gasteiger partial charge in [-0.3, -0.25) is 4.98 Å². The molecule has 0 amide bonds. The summed E-state index contributed by atoms with van der Waals surface area (Å²) in [5.74, 6) is 0. The molecule has 0 spiro atoms. The molecule has 2 aromatic rings. The van der Waals surface area contributed by atoms with Crippen molar-refractivity contribution in [1.29, 1.82) is 0 Å². The largest absolute Gasteiger partial charge is 0.261 e. The molecule has 94 valence electrons. The summed E-state index contributed by atoms with van der Waals surface area (Å²) in [6, 6.07) is 10.5. The Kier molecular flexibility index (Phi) is 4.03. The van der Waals surface area contributed by atoms with E-state index in [0.717, 1.165) is 12.1 Å². The molecule has 0 saturated heterocycles. The van der Waals surface area contributed by atoms with Crippen LogP contribution in [-0.4, -0.2) is 4.98 Å². The highest BCUT2D eigenvalue weighted by Crippen LogP contribution is 2.27. The van der Waals surface area contributed by atoms with Gasteiger partial charge in [-0.1, -0.05) is 29.8 Å². The zero-order valence-electron chi connectivity index (χ0n) is 11.1. The summed E-state index contributed by atoms with van der Waals surface area (Å²) in [6.07, 6.45) is 2.66. The maximum Gasteiger partial charge on any atom is 0.0643 e. The fourth-order valence-electron chi connectivity index (χ4n) is 2.01. The maximum atomic E-state index is 6.52. The fourth-order valence-corrected chi connectivity index (χ4v) is 2.40. The molecular weight excluding hydrogens is 242 g/mol. The van der Waals surface area contributed by atoms with Crippen LogP contribution < -0.4 is 0 Å². The highest BCUT2D eigenvalue weighted by atomic mass is 35.5. The van der Waals surface area contributed by atoms with Gasteiger partial charge in [0.15, 0.2) is 0 Å². The number of alkyl halides is 1. The first kappa shape index (κ1) is 13.1. The molecule has 0 bridgehead atoms. The molecule has 0 fully saturated rings. The lowest BCUT2D eigenvalue weighted by molar-refractivity contribution is 0.870. The lowest BCUT2D eigenvalue weighted by Crippen LogP contribution is -2.01. The predicted octanol–water partition coefficient (Wildman–Crippen LogP) is 4.53. The Balaban J connectivity index is 2.18. The van der Waals surface area contributed by atoms with E-state index in [0.29, 0.717) is 0 Å². The van der Waals surface area contributed by atoms with Crippen molar-refractivity contribution >= 4 is 11.6 Å². The third kappa shape index (κ3) is 3.11. The average Bonchev–Trinajstić information content (AvgIpc) is 2.35. The molecule has 0 aliphatic carbocycles. The number of halogens is 1. The van der Waals surface area contributed by atoms with Crippen LogP contribution in [0.4, 0.5) is 0 Å². The highest BCUT2D eigenvalue weighted by molar-refractivity contribution is 6.21. The van der Waals surface area contributed by atoms with Gasteiger partial charge in [-0.2, -0.15) is 0 Å². The van der Waals surface area contributed by atoms with Gasteiger partial charge in [0.25, 0.3) is 0 Å². The first-order chi connectivity index (χ1) is 8.56. The molecule has 1 aromatic heterocycles. The molecule has 0 N–H and O–H groups in total. The molecule has 1 nitrogen and oxygen atoms in total. The molecule has 0 aliphatic heterocycles. The minimum absolute atomic E-state index is 0.0138. The van der Waals surface area contributed by atoms with Crippen molar-refractivity contribution in [2.75, 3.05) is 0 Å². The molecule has 0 radical (unpaired) electrons. The molecule has 18 heavy (non-hydrogen) atoms. The lowest BCUT2D eigenvalue weighted by Gasteiger charge is -2.13. The Labute approximate surface area is 114 Å². The second kappa shape index (κ2) is 5.53. The van der Waals surface area contributed by atoms with Gasteiger partial charge in [0.05, 0.1) is 5.38 Å². The van der Waals surface area contributed by atoms with E-state index in [9.17, 15) is 0 Å². The minimum Gasteiger partial charge on any atom is -0.261 e. The minimum atomic E-state index is -0.0138. The van der Waals surface area contributed by atoms with Gasteiger partial charge in [0.1, 0.15) is 0 Å². The fraction of sp³-hybridized carbons (Fsp3) is 0.312. The third-order valence-corrected chi connectivity index (χ3v) is 3.52. The van der Waals surface area contributed by atoms with Gasteiger partial charge in [0, 0.05) is 18.3 Å². The summed E-state index contributed by atoms with van der Waals surface area (Å²) in [5.41, 5.74) is 5.92. The molecule has 1 heterocycles. The number of aryl methyl sites for hydroxylation is 3. The Hall–Kier alpha value is -1.34. The van der Waals surface area contributed by atoms with Crippen LogP contribution in [0.3, 0.4) is 0 Å². The summed E-state index contributed by atoms with van der Waals surface area (Å²) < 4.78 is 0. The van der Waals surface area contributed by atoms with Crippen LogP contribution in [0, 0.1) is 20.8 Å². The number of nitrogens with zero attached hydrogens (tertiary/aromatic N) is 1. The number of rotatable bonds is 3. The van der Waals surface area contributed by atoms with Crippen LogP contribution in [0.5, 0.6) is 0 Å².